The molecule has 0 aromatic heterocycles. The van der Waals surface area contributed by atoms with Crippen molar-refractivity contribution in [3.63, 3.8) is 0 Å². The largest absolute Gasteiger partial charge is 0.454 e. The fourth-order valence-electron chi connectivity index (χ4n) is 2.50. The fraction of sp³-hybridized carbons (Fsp3) is 0.316. The molecule has 0 saturated heterocycles. The van der Waals surface area contributed by atoms with Gasteiger partial charge in [0.05, 0.1) is 0 Å². The number of anilines is 1. The molecule has 1 heterocycles. The van der Waals surface area contributed by atoms with Gasteiger partial charge < -0.3 is 14.8 Å². The number of fused-ring (bicyclic) bond motifs is 1. The van der Waals surface area contributed by atoms with E-state index in [1.165, 1.54) is 5.56 Å². The molecule has 0 radical (unpaired) electrons. The average Bonchev–Trinajstić information content (AvgIpc) is 3.02. The molecule has 2 aromatic carbocycles. The lowest BCUT2D eigenvalue weighted by Gasteiger charge is -2.06. The molecule has 0 atom stereocenters. The summed E-state index contributed by atoms with van der Waals surface area (Å²) in [6.07, 6.45) is 1.41. The number of carbonyl (C=O) groups is 1. The summed E-state index contributed by atoms with van der Waals surface area (Å²) in [5.74, 6) is 3.58. The van der Waals surface area contributed by atoms with Crippen LogP contribution in [0.2, 0.25) is 0 Å². The van der Waals surface area contributed by atoms with Crippen molar-refractivity contribution >= 4 is 23.4 Å². The summed E-state index contributed by atoms with van der Waals surface area (Å²) in [6, 6.07) is 13.9. The van der Waals surface area contributed by atoms with Gasteiger partial charge in [0.1, 0.15) is 0 Å². The second-order valence-electron chi connectivity index (χ2n) is 5.76. The normalized spacial score (nSPS) is 12.2. The van der Waals surface area contributed by atoms with Gasteiger partial charge in [-0.25, -0.2) is 0 Å². The minimum absolute atomic E-state index is 0.0734. The van der Waals surface area contributed by atoms with Gasteiger partial charge in [-0.3, -0.25) is 4.79 Å². The first-order chi connectivity index (χ1) is 11.7. The number of ether oxygens (including phenoxy) is 2. The van der Waals surface area contributed by atoms with Crippen molar-refractivity contribution in [2.24, 2.45) is 0 Å². The van der Waals surface area contributed by atoms with Gasteiger partial charge in [0.2, 0.25) is 12.7 Å². The van der Waals surface area contributed by atoms with Crippen molar-refractivity contribution in [1.82, 2.24) is 0 Å². The maximum Gasteiger partial charge on any atom is 0.231 e. The van der Waals surface area contributed by atoms with Crippen molar-refractivity contribution in [2.45, 2.75) is 25.5 Å². The fourth-order valence-corrected chi connectivity index (χ4v) is 3.41. The number of aryl methyl sites for hydroxylation is 1. The standard InChI is InChI=1S/C19H21NO3S/c1-14-4-2-5-16(10-14)20-19(21)6-3-9-24-12-15-7-8-17-18(11-15)23-13-22-17/h2,4-5,7-8,10-11H,3,6,9,12-13H2,1H3,(H,20,21). The molecule has 0 bridgehead atoms. The molecular formula is C19H21NO3S. The SMILES string of the molecule is Cc1cccc(NC(=O)CCCSCc2ccc3c(c2)OCO3)c1. The van der Waals surface area contributed by atoms with E-state index in [1.807, 2.05) is 55.1 Å². The maximum atomic E-state index is 11.9. The summed E-state index contributed by atoms with van der Waals surface area (Å²) < 4.78 is 10.7. The number of amides is 1. The zero-order chi connectivity index (χ0) is 16.8. The molecule has 1 aliphatic heterocycles. The molecule has 0 fully saturated rings. The number of nitrogens with one attached hydrogen (secondary N) is 1. The molecule has 0 spiro atoms. The van der Waals surface area contributed by atoms with Crippen LogP contribution in [0.1, 0.15) is 24.0 Å². The van der Waals surface area contributed by atoms with Gasteiger partial charge in [0, 0.05) is 17.9 Å². The topological polar surface area (TPSA) is 47.6 Å². The van der Waals surface area contributed by atoms with Crippen LogP contribution in [0.25, 0.3) is 0 Å². The van der Waals surface area contributed by atoms with Crippen LogP contribution in [-0.2, 0) is 10.5 Å². The molecule has 5 heteroatoms. The number of thioether (sulfide) groups is 1. The van der Waals surface area contributed by atoms with E-state index < -0.39 is 0 Å². The number of hydrogen-bond donors (Lipinski definition) is 1. The highest BCUT2D eigenvalue weighted by atomic mass is 32.2. The summed E-state index contributed by atoms with van der Waals surface area (Å²) in [6.45, 7) is 2.32. The molecule has 3 rings (SSSR count). The summed E-state index contributed by atoms with van der Waals surface area (Å²) in [5.41, 5.74) is 3.23. The van der Waals surface area contributed by atoms with E-state index in [2.05, 4.69) is 11.4 Å². The quantitative estimate of drug-likeness (QED) is 0.758. The monoisotopic (exact) mass is 343 g/mol. The average molecular weight is 343 g/mol. The molecule has 0 saturated carbocycles. The Labute approximate surface area is 146 Å². The summed E-state index contributed by atoms with van der Waals surface area (Å²) >= 11 is 1.83. The van der Waals surface area contributed by atoms with Crippen molar-refractivity contribution in [2.75, 3.05) is 17.9 Å². The summed E-state index contributed by atoms with van der Waals surface area (Å²) in [4.78, 5) is 11.9. The molecule has 0 aliphatic carbocycles. The van der Waals surface area contributed by atoms with Crippen molar-refractivity contribution in [3.8, 4) is 11.5 Å². The highest BCUT2D eigenvalue weighted by molar-refractivity contribution is 7.98. The van der Waals surface area contributed by atoms with Crippen LogP contribution in [-0.4, -0.2) is 18.5 Å². The molecule has 1 aliphatic rings. The van der Waals surface area contributed by atoms with Gasteiger partial charge in [-0.1, -0.05) is 18.2 Å². The Hall–Kier alpha value is -2.14. The van der Waals surface area contributed by atoms with Crippen molar-refractivity contribution in [1.29, 1.82) is 0 Å². The van der Waals surface area contributed by atoms with Crippen LogP contribution in [0.5, 0.6) is 11.5 Å². The Morgan fingerprint density at radius 1 is 1.17 bits per heavy atom. The zero-order valence-corrected chi connectivity index (χ0v) is 14.5. The van der Waals surface area contributed by atoms with Gasteiger partial charge in [0.15, 0.2) is 11.5 Å². The van der Waals surface area contributed by atoms with Crippen molar-refractivity contribution in [3.05, 3.63) is 53.6 Å². The van der Waals surface area contributed by atoms with Gasteiger partial charge in [0.25, 0.3) is 0 Å². The van der Waals surface area contributed by atoms with Gasteiger partial charge >= 0.3 is 0 Å². The Morgan fingerprint density at radius 2 is 2.04 bits per heavy atom. The van der Waals surface area contributed by atoms with Crippen molar-refractivity contribution < 1.29 is 14.3 Å². The van der Waals surface area contributed by atoms with E-state index in [0.717, 1.165) is 40.7 Å². The lowest BCUT2D eigenvalue weighted by atomic mass is 10.2. The van der Waals surface area contributed by atoms with E-state index >= 15 is 0 Å². The molecule has 4 nitrogen and oxygen atoms in total. The Kier molecular flexibility index (Phi) is 5.64. The van der Waals surface area contributed by atoms with Crippen LogP contribution >= 0.6 is 11.8 Å². The maximum absolute atomic E-state index is 11.9. The van der Waals surface area contributed by atoms with E-state index in [-0.39, 0.29) is 5.91 Å². The molecule has 0 unspecified atom stereocenters. The summed E-state index contributed by atoms with van der Waals surface area (Å²) in [7, 11) is 0. The Morgan fingerprint density at radius 3 is 2.92 bits per heavy atom. The van der Waals surface area contributed by atoms with Gasteiger partial charge in [-0.05, 0) is 54.5 Å². The first kappa shape index (κ1) is 16.7. The Bertz CT molecular complexity index is 718. The van der Waals surface area contributed by atoms with Crippen LogP contribution in [0.15, 0.2) is 42.5 Å². The smallest absolute Gasteiger partial charge is 0.231 e. The second-order valence-corrected chi connectivity index (χ2v) is 6.87. The predicted octanol–water partition coefficient (Wildman–Crippen LogP) is 4.38. The number of carbonyl (C=O) groups excluding carboxylic acids is 1. The van der Waals surface area contributed by atoms with Crippen LogP contribution in [0.4, 0.5) is 5.69 Å². The summed E-state index contributed by atoms with van der Waals surface area (Å²) in [5, 5.41) is 2.94. The molecule has 2 aromatic rings. The number of rotatable bonds is 7. The predicted molar refractivity (Wildman–Crippen MR) is 97.8 cm³/mol. The lowest BCUT2D eigenvalue weighted by molar-refractivity contribution is -0.116. The number of benzene rings is 2. The van der Waals surface area contributed by atoms with Crippen LogP contribution in [0.3, 0.4) is 0 Å². The lowest BCUT2D eigenvalue weighted by Crippen LogP contribution is -2.11. The van der Waals surface area contributed by atoms with E-state index in [4.69, 9.17) is 9.47 Å². The molecular weight excluding hydrogens is 322 g/mol. The molecule has 24 heavy (non-hydrogen) atoms. The first-order valence-corrected chi connectivity index (χ1v) is 9.19. The molecule has 1 N–H and O–H groups in total. The van der Waals surface area contributed by atoms with E-state index in [0.29, 0.717) is 13.2 Å². The highest BCUT2D eigenvalue weighted by Gasteiger charge is 2.12. The molecule has 126 valence electrons. The number of hydrogen-bond acceptors (Lipinski definition) is 4. The van der Waals surface area contributed by atoms with Crippen LogP contribution < -0.4 is 14.8 Å². The third-order valence-corrected chi connectivity index (χ3v) is 4.81. The minimum atomic E-state index is 0.0734. The third kappa shape index (κ3) is 4.68. The minimum Gasteiger partial charge on any atom is -0.454 e. The zero-order valence-electron chi connectivity index (χ0n) is 13.7. The van der Waals surface area contributed by atoms with Gasteiger partial charge in [-0.2, -0.15) is 11.8 Å². The molecule has 1 amide bonds. The van der Waals surface area contributed by atoms with Gasteiger partial charge in [-0.15, -0.1) is 0 Å². The first-order valence-electron chi connectivity index (χ1n) is 8.03. The second kappa shape index (κ2) is 8.11. The van der Waals surface area contributed by atoms with Crippen LogP contribution in [0, 0.1) is 6.92 Å². The Balaban J connectivity index is 1.34. The van der Waals surface area contributed by atoms with E-state index in [1.54, 1.807) is 0 Å². The third-order valence-electron chi connectivity index (χ3n) is 3.70. The van der Waals surface area contributed by atoms with E-state index in [9.17, 15) is 4.79 Å². The highest BCUT2D eigenvalue weighted by Crippen LogP contribution is 2.33.